The molecule has 1 aromatic rings. The number of phenols is 1. The first kappa shape index (κ1) is 34.4. The van der Waals surface area contributed by atoms with Gasteiger partial charge < -0.3 is 30.1 Å². The number of unbranched alkanes of at least 4 members (excludes halogenated alkanes) is 3. The van der Waals surface area contributed by atoms with E-state index in [2.05, 4.69) is 12.2 Å². The fraction of sp³-hybridized carbons (Fsp3) is 0.636. The van der Waals surface area contributed by atoms with Gasteiger partial charge in [0.15, 0.2) is 0 Å². The predicted octanol–water partition coefficient (Wildman–Crippen LogP) is 5.48. The van der Waals surface area contributed by atoms with Gasteiger partial charge in [-0.3, -0.25) is 4.79 Å². The summed E-state index contributed by atoms with van der Waals surface area (Å²) in [5.74, 6) is -1.09. The molecule has 0 saturated heterocycles. The van der Waals surface area contributed by atoms with Gasteiger partial charge in [0.25, 0.3) is 0 Å². The van der Waals surface area contributed by atoms with Crippen molar-refractivity contribution in [2.45, 2.75) is 104 Å². The Balaban J connectivity index is 2.07. The third kappa shape index (κ3) is 11.2. The van der Waals surface area contributed by atoms with Gasteiger partial charge in [-0.1, -0.05) is 71.3 Å². The molecule has 1 amide bonds. The number of aliphatic hydroxyl groups excluding tert-OH is 2. The van der Waals surface area contributed by atoms with Gasteiger partial charge in [-0.25, -0.2) is 4.79 Å². The predicted molar refractivity (Wildman–Crippen MR) is 161 cm³/mol. The molecule has 0 fully saturated rings. The van der Waals surface area contributed by atoms with Crippen molar-refractivity contribution < 1.29 is 34.4 Å². The van der Waals surface area contributed by atoms with Crippen molar-refractivity contribution in [1.82, 2.24) is 5.32 Å². The van der Waals surface area contributed by atoms with Crippen molar-refractivity contribution in [2.75, 3.05) is 13.7 Å². The molecule has 1 aromatic carbocycles. The van der Waals surface area contributed by atoms with Crippen molar-refractivity contribution in [1.29, 1.82) is 0 Å². The summed E-state index contributed by atoms with van der Waals surface area (Å²) in [5.41, 5.74) is 0.464. The highest BCUT2D eigenvalue weighted by Gasteiger charge is 2.32. The van der Waals surface area contributed by atoms with Gasteiger partial charge in [0.05, 0.1) is 19.3 Å². The zero-order valence-electron chi connectivity index (χ0n) is 25.5. The van der Waals surface area contributed by atoms with Crippen LogP contribution in [0.15, 0.2) is 36.4 Å². The Bertz CT molecular complexity index is 1020. The van der Waals surface area contributed by atoms with E-state index in [1.807, 2.05) is 45.1 Å². The normalized spacial score (nSPS) is 22.9. The maximum atomic E-state index is 13.4. The van der Waals surface area contributed by atoms with Crippen LogP contribution in [0, 0.1) is 17.8 Å². The summed E-state index contributed by atoms with van der Waals surface area (Å²) < 4.78 is 11.2. The number of rotatable bonds is 13. The minimum Gasteiger partial charge on any atom is -0.507 e. The Morgan fingerprint density at radius 1 is 1.17 bits per heavy atom. The van der Waals surface area contributed by atoms with E-state index in [1.54, 1.807) is 6.07 Å². The van der Waals surface area contributed by atoms with Gasteiger partial charge >= 0.3 is 5.97 Å². The maximum Gasteiger partial charge on any atom is 0.342 e. The van der Waals surface area contributed by atoms with E-state index in [-0.39, 0.29) is 41.4 Å². The molecule has 1 heterocycles. The average Bonchev–Trinajstić information content (AvgIpc) is 2.94. The number of cyclic esters (lactones) is 1. The van der Waals surface area contributed by atoms with E-state index < -0.39 is 24.3 Å². The summed E-state index contributed by atoms with van der Waals surface area (Å²) in [6.45, 7) is 8.35. The van der Waals surface area contributed by atoms with E-state index in [9.17, 15) is 24.9 Å². The molecule has 6 atom stereocenters. The number of ether oxygens (including phenoxy) is 2. The number of nitrogens with one attached hydrogen (secondary N) is 1. The van der Waals surface area contributed by atoms with E-state index in [0.29, 0.717) is 43.5 Å². The number of allylic oxidation sites excluding steroid dienone is 2. The number of hydrogen-bond donors (Lipinski definition) is 4. The molecule has 0 aliphatic carbocycles. The summed E-state index contributed by atoms with van der Waals surface area (Å²) in [7, 11) is 1.47. The number of carbonyl (C=O) groups excluding carboxylic acids is 2. The molecule has 0 aromatic heterocycles. The van der Waals surface area contributed by atoms with Gasteiger partial charge in [0.2, 0.25) is 5.91 Å². The monoisotopic (exact) mass is 573 g/mol. The molecule has 41 heavy (non-hydrogen) atoms. The number of methoxy groups -OCH3 is 1. The molecule has 2 rings (SSSR count). The lowest BCUT2D eigenvalue weighted by Gasteiger charge is -2.31. The van der Waals surface area contributed by atoms with Crippen LogP contribution in [0.25, 0.3) is 0 Å². The topological polar surface area (TPSA) is 125 Å². The van der Waals surface area contributed by atoms with Gasteiger partial charge in [0.1, 0.15) is 23.2 Å². The number of carbonyl (C=O) groups is 2. The highest BCUT2D eigenvalue weighted by atomic mass is 16.5. The Hall–Kier alpha value is -2.84. The van der Waals surface area contributed by atoms with Crippen LogP contribution in [-0.4, -0.2) is 59.2 Å². The standard InChI is InChI=1S/C33H51NO7/c1-6-7-8-9-17-30(37)34-18-13-12-15-23(3)32(38)24(4)29-16-11-10-14-22(2)27(35)20-25-19-26(40-5)21-28(36)31(25)33(39)41-29/h10-13,19,21-24,27,29,32,35-36,38H,6-9,14-18,20H2,1-5H3,(H,34,37)/b11-10-,13-12-/t22-,23+,24+,27+,29-,32+/m0/s1. The second kappa shape index (κ2) is 17.9. The SMILES string of the molecule is CCCCCCC(=O)NC/C=C\C[C@@H](C)[C@@H](O)[C@H](C)[C@@H]1C/C=C\C[C@H](C)[C@H](O)Cc2cc(OC)cc(O)c2C(=O)O1. The molecule has 4 N–H and O–H groups in total. The lowest BCUT2D eigenvalue weighted by molar-refractivity contribution is -0.121. The van der Waals surface area contributed by atoms with Crippen LogP contribution in [0.3, 0.4) is 0 Å². The highest BCUT2D eigenvalue weighted by molar-refractivity contribution is 5.94. The minimum atomic E-state index is -0.753. The van der Waals surface area contributed by atoms with Crippen molar-refractivity contribution in [3.63, 3.8) is 0 Å². The minimum absolute atomic E-state index is 0.0108. The number of esters is 1. The molecule has 8 heteroatoms. The van der Waals surface area contributed by atoms with E-state index in [1.165, 1.54) is 13.2 Å². The molecule has 0 unspecified atom stereocenters. The van der Waals surface area contributed by atoms with Gasteiger partial charge in [-0.05, 0) is 49.1 Å². The summed E-state index contributed by atoms with van der Waals surface area (Å²) >= 11 is 0. The number of fused-ring (bicyclic) bond motifs is 1. The first-order chi connectivity index (χ1) is 19.6. The highest BCUT2D eigenvalue weighted by Crippen LogP contribution is 2.33. The van der Waals surface area contributed by atoms with Crippen LogP contribution < -0.4 is 10.1 Å². The maximum absolute atomic E-state index is 13.4. The lowest BCUT2D eigenvalue weighted by atomic mass is 9.85. The summed E-state index contributed by atoms with van der Waals surface area (Å²) in [6, 6.07) is 3.00. The Morgan fingerprint density at radius 3 is 2.61 bits per heavy atom. The average molecular weight is 574 g/mol. The van der Waals surface area contributed by atoms with E-state index in [4.69, 9.17) is 9.47 Å². The van der Waals surface area contributed by atoms with Crippen LogP contribution in [0.4, 0.5) is 0 Å². The van der Waals surface area contributed by atoms with Gasteiger partial charge in [-0.15, -0.1) is 0 Å². The molecule has 1 aliphatic heterocycles. The lowest BCUT2D eigenvalue weighted by Crippen LogP contribution is -2.37. The molecule has 230 valence electrons. The quantitative estimate of drug-likeness (QED) is 0.140. The van der Waals surface area contributed by atoms with Crippen molar-refractivity contribution in [3.05, 3.63) is 47.6 Å². The molecule has 1 aliphatic rings. The molecule has 0 bridgehead atoms. The van der Waals surface area contributed by atoms with Crippen molar-refractivity contribution in [2.24, 2.45) is 17.8 Å². The summed E-state index contributed by atoms with van der Waals surface area (Å²) in [4.78, 5) is 25.3. The molecule has 0 saturated carbocycles. The van der Waals surface area contributed by atoms with E-state index in [0.717, 1.165) is 25.7 Å². The first-order valence-corrected chi connectivity index (χ1v) is 15.1. The second-order valence-corrected chi connectivity index (χ2v) is 11.5. The number of amides is 1. The van der Waals surface area contributed by atoms with Crippen LogP contribution in [-0.2, 0) is 16.0 Å². The zero-order chi connectivity index (χ0) is 30.4. The van der Waals surface area contributed by atoms with Crippen LogP contribution in [0.1, 0.15) is 95.0 Å². The number of benzene rings is 1. The molecule has 0 radical (unpaired) electrons. The fourth-order valence-electron chi connectivity index (χ4n) is 5.11. The van der Waals surface area contributed by atoms with Crippen LogP contribution in [0.5, 0.6) is 11.5 Å². The van der Waals surface area contributed by atoms with Crippen LogP contribution in [0.2, 0.25) is 0 Å². The third-order valence-corrected chi connectivity index (χ3v) is 8.06. The van der Waals surface area contributed by atoms with Gasteiger partial charge in [-0.2, -0.15) is 0 Å². The molecular weight excluding hydrogens is 522 g/mol. The van der Waals surface area contributed by atoms with Crippen LogP contribution >= 0.6 is 0 Å². The Kier molecular flexibility index (Phi) is 15.0. The van der Waals surface area contributed by atoms with Crippen molar-refractivity contribution >= 4 is 11.9 Å². The third-order valence-electron chi connectivity index (χ3n) is 8.06. The van der Waals surface area contributed by atoms with Gasteiger partial charge in [0, 0.05) is 31.4 Å². The fourth-order valence-corrected chi connectivity index (χ4v) is 5.11. The van der Waals surface area contributed by atoms with Crippen molar-refractivity contribution in [3.8, 4) is 11.5 Å². The number of aliphatic hydroxyl groups is 2. The second-order valence-electron chi connectivity index (χ2n) is 11.5. The Morgan fingerprint density at radius 2 is 1.90 bits per heavy atom. The summed E-state index contributed by atoms with van der Waals surface area (Å²) in [6.07, 6.45) is 12.3. The summed E-state index contributed by atoms with van der Waals surface area (Å²) in [5, 5.41) is 35.5. The smallest absolute Gasteiger partial charge is 0.342 e. The Labute approximate surface area is 245 Å². The zero-order valence-corrected chi connectivity index (χ0v) is 25.5. The first-order valence-electron chi connectivity index (χ1n) is 15.1. The van der Waals surface area contributed by atoms with E-state index >= 15 is 0 Å². The molecule has 0 spiro atoms. The molecule has 8 nitrogen and oxygen atoms in total. The number of hydrogen-bond acceptors (Lipinski definition) is 7. The molecular formula is C33H51NO7. The number of aromatic hydroxyl groups is 1. The number of phenolic OH excluding ortho intramolecular Hbond substituents is 1. The largest absolute Gasteiger partial charge is 0.507 e.